The molecular formula is C15H28N2O3. The lowest BCUT2D eigenvalue weighted by atomic mass is 9.80. The Hall–Kier alpha value is -0.650. The van der Waals surface area contributed by atoms with Gasteiger partial charge in [0, 0.05) is 45.6 Å². The fraction of sp³-hybridized carbons (Fsp3) is 0.933. The van der Waals surface area contributed by atoms with Gasteiger partial charge < -0.3 is 20.5 Å². The van der Waals surface area contributed by atoms with E-state index in [9.17, 15) is 9.90 Å². The molecule has 5 nitrogen and oxygen atoms in total. The fourth-order valence-corrected chi connectivity index (χ4v) is 3.47. The monoisotopic (exact) mass is 284 g/mol. The minimum atomic E-state index is -0.773. The van der Waals surface area contributed by atoms with Gasteiger partial charge in [-0.05, 0) is 31.7 Å². The van der Waals surface area contributed by atoms with Crippen molar-refractivity contribution >= 4 is 5.91 Å². The van der Waals surface area contributed by atoms with E-state index < -0.39 is 5.60 Å². The normalized spacial score (nSPS) is 29.9. The summed E-state index contributed by atoms with van der Waals surface area (Å²) in [6, 6.07) is 0. The van der Waals surface area contributed by atoms with Crippen LogP contribution in [0.25, 0.3) is 0 Å². The number of amides is 1. The molecule has 2 atom stereocenters. The summed E-state index contributed by atoms with van der Waals surface area (Å²) in [5.74, 6) is 0.742. The van der Waals surface area contributed by atoms with Crippen LogP contribution >= 0.6 is 0 Å². The third-order valence-corrected chi connectivity index (χ3v) is 4.80. The first kappa shape index (κ1) is 15.7. The minimum absolute atomic E-state index is 0.0886. The van der Waals surface area contributed by atoms with Crippen LogP contribution in [0.1, 0.15) is 38.5 Å². The number of rotatable bonds is 4. The van der Waals surface area contributed by atoms with E-state index in [1.165, 1.54) is 0 Å². The predicted octanol–water partition coefficient (Wildman–Crippen LogP) is 0.751. The highest BCUT2D eigenvalue weighted by Gasteiger charge is 2.35. The van der Waals surface area contributed by atoms with Gasteiger partial charge in [0.05, 0.1) is 5.60 Å². The molecule has 1 aliphatic carbocycles. The number of carbonyl (C=O) groups excluding carboxylic acids is 1. The number of hydrogen-bond acceptors (Lipinski definition) is 4. The Morgan fingerprint density at radius 1 is 1.40 bits per heavy atom. The highest BCUT2D eigenvalue weighted by molar-refractivity contribution is 5.78. The third-order valence-electron chi connectivity index (χ3n) is 4.80. The number of carbonyl (C=O) groups is 1. The molecule has 0 bridgehead atoms. The molecule has 2 fully saturated rings. The molecule has 3 N–H and O–H groups in total. The second kappa shape index (κ2) is 6.87. The van der Waals surface area contributed by atoms with Crippen LogP contribution in [0.2, 0.25) is 0 Å². The van der Waals surface area contributed by atoms with Crippen LogP contribution in [0.4, 0.5) is 0 Å². The molecule has 0 radical (unpaired) electrons. The van der Waals surface area contributed by atoms with Gasteiger partial charge in [0.25, 0.3) is 0 Å². The summed E-state index contributed by atoms with van der Waals surface area (Å²) < 4.78 is 5.27. The van der Waals surface area contributed by atoms with Gasteiger partial charge in [-0.2, -0.15) is 0 Å². The van der Waals surface area contributed by atoms with E-state index in [4.69, 9.17) is 10.5 Å². The van der Waals surface area contributed by atoms with Crippen molar-refractivity contribution in [1.82, 2.24) is 4.90 Å². The van der Waals surface area contributed by atoms with Crippen molar-refractivity contribution in [3.8, 4) is 0 Å². The Kier molecular flexibility index (Phi) is 5.41. The standard InChI is InChI=1S/C15H28N2O3/c1-17(11-15(19)5-7-20-8-6-15)14(18)13-4-2-3-12(9-13)10-16/h12-13,19H,2-11,16H2,1H3. The molecule has 2 aliphatic rings. The molecule has 1 saturated heterocycles. The maximum atomic E-state index is 12.5. The van der Waals surface area contributed by atoms with Crippen LogP contribution in [-0.4, -0.2) is 54.9 Å². The first-order valence-electron chi connectivity index (χ1n) is 7.79. The molecule has 2 unspecified atom stereocenters. The van der Waals surface area contributed by atoms with Gasteiger partial charge in [0.15, 0.2) is 0 Å². The van der Waals surface area contributed by atoms with Crippen LogP contribution in [-0.2, 0) is 9.53 Å². The summed E-state index contributed by atoms with van der Waals surface area (Å²) in [4.78, 5) is 14.2. The van der Waals surface area contributed by atoms with Gasteiger partial charge in [0.2, 0.25) is 5.91 Å². The number of likely N-dealkylation sites (N-methyl/N-ethyl adjacent to an activating group) is 1. The summed E-state index contributed by atoms with van der Waals surface area (Å²) >= 11 is 0. The summed E-state index contributed by atoms with van der Waals surface area (Å²) in [7, 11) is 1.81. The Labute approximate surface area is 121 Å². The largest absolute Gasteiger partial charge is 0.388 e. The zero-order chi connectivity index (χ0) is 14.6. The smallest absolute Gasteiger partial charge is 0.225 e. The second-order valence-corrected chi connectivity index (χ2v) is 6.50. The van der Waals surface area contributed by atoms with E-state index in [-0.39, 0.29) is 11.8 Å². The van der Waals surface area contributed by atoms with Crippen LogP contribution < -0.4 is 5.73 Å². The summed E-state index contributed by atoms with van der Waals surface area (Å²) in [5, 5.41) is 10.5. The molecule has 0 spiro atoms. The Morgan fingerprint density at radius 2 is 2.10 bits per heavy atom. The van der Waals surface area contributed by atoms with E-state index in [2.05, 4.69) is 0 Å². The number of ether oxygens (including phenoxy) is 1. The summed E-state index contributed by atoms with van der Waals surface area (Å²) in [6.07, 6.45) is 5.32. The lowest BCUT2D eigenvalue weighted by Crippen LogP contribution is -2.49. The molecule has 0 aromatic carbocycles. The molecule has 1 heterocycles. The molecule has 1 amide bonds. The predicted molar refractivity (Wildman–Crippen MR) is 77.1 cm³/mol. The van der Waals surface area contributed by atoms with Crippen molar-refractivity contribution < 1.29 is 14.6 Å². The molecule has 1 aliphatic heterocycles. The molecule has 2 rings (SSSR count). The molecule has 116 valence electrons. The van der Waals surface area contributed by atoms with Gasteiger partial charge in [-0.3, -0.25) is 4.79 Å². The first-order valence-corrected chi connectivity index (χ1v) is 7.79. The lowest BCUT2D eigenvalue weighted by molar-refractivity contribution is -0.142. The average molecular weight is 284 g/mol. The van der Waals surface area contributed by atoms with Gasteiger partial charge in [0.1, 0.15) is 0 Å². The first-order chi connectivity index (χ1) is 9.54. The van der Waals surface area contributed by atoms with Gasteiger partial charge in [-0.25, -0.2) is 0 Å². The molecule has 0 aromatic rings. The SMILES string of the molecule is CN(CC1(O)CCOCC1)C(=O)C1CCCC(CN)C1. The molecule has 1 saturated carbocycles. The average Bonchev–Trinajstić information content (AvgIpc) is 2.46. The maximum absolute atomic E-state index is 12.5. The zero-order valence-electron chi connectivity index (χ0n) is 12.5. The molecule has 20 heavy (non-hydrogen) atoms. The van der Waals surface area contributed by atoms with Crippen molar-refractivity contribution in [1.29, 1.82) is 0 Å². The van der Waals surface area contributed by atoms with Crippen molar-refractivity contribution in [2.75, 3.05) is 33.4 Å². The highest BCUT2D eigenvalue weighted by Crippen LogP contribution is 2.30. The van der Waals surface area contributed by atoms with Crippen molar-refractivity contribution in [3.63, 3.8) is 0 Å². The third kappa shape index (κ3) is 3.93. The Balaban J connectivity index is 1.87. The van der Waals surface area contributed by atoms with Crippen LogP contribution in [0.3, 0.4) is 0 Å². The van der Waals surface area contributed by atoms with E-state index >= 15 is 0 Å². The summed E-state index contributed by atoms with van der Waals surface area (Å²) in [6.45, 7) is 2.25. The lowest BCUT2D eigenvalue weighted by Gasteiger charge is -2.37. The van der Waals surface area contributed by atoms with Crippen LogP contribution in [0.15, 0.2) is 0 Å². The van der Waals surface area contributed by atoms with Gasteiger partial charge >= 0.3 is 0 Å². The number of aliphatic hydroxyl groups is 1. The number of nitrogens with zero attached hydrogens (tertiary/aromatic N) is 1. The van der Waals surface area contributed by atoms with Crippen LogP contribution in [0, 0.1) is 11.8 Å². The van der Waals surface area contributed by atoms with Crippen molar-refractivity contribution in [2.24, 2.45) is 17.6 Å². The molecular weight excluding hydrogens is 256 g/mol. The quantitative estimate of drug-likeness (QED) is 0.799. The van der Waals surface area contributed by atoms with Crippen molar-refractivity contribution in [2.45, 2.75) is 44.1 Å². The summed E-state index contributed by atoms with van der Waals surface area (Å²) in [5.41, 5.74) is 4.96. The Morgan fingerprint density at radius 3 is 2.75 bits per heavy atom. The van der Waals surface area contributed by atoms with E-state index in [0.717, 1.165) is 25.7 Å². The molecule has 5 heteroatoms. The topological polar surface area (TPSA) is 75.8 Å². The second-order valence-electron chi connectivity index (χ2n) is 6.50. The van der Waals surface area contributed by atoms with E-state index in [0.29, 0.717) is 45.1 Å². The van der Waals surface area contributed by atoms with E-state index in [1.807, 2.05) is 7.05 Å². The van der Waals surface area contributed by atoms with Crippen LogP contribution in [0.5, 0.6) is 0 Å². The number of hydrogen-bond donors (Lipinski definition) is 2. The number of nitrogens with two attached hydrogens (primary N) is 1. The zero-order valence-corrected chi connectivity index (χ0v) is 12.5. The van der Waals surface area contributed by atoms with Crippen molar-refractivity contribution in [3.05, 3.63) is 0 Å². The molecule has 0 aromatic heterocycles. The maximum Gasteiger partial charge on any atom is 0.225 e. The minimum Gasteiger partial charge on any atom is -0.388 e. The highest BCUT2D eigenvalue weighted by atomic mass is 16.5. The van der Waals surface area contributed by atoms with Gasteiger partial charge in [-0.15, -0.1) is 0 Å². The van der Waals surface area contributed by atoms with Gasteiger partial charge in [-0.1, -0.05) is 6.42 Å². The fourth-order valence-electron chi connectivity index (χ4n) is 3.47. The van der Waals surface area contributed by atoms with E-state index in [1.54, 1.807) is 4.90 Å². The Bertz CT molecular complexity index is 329.